The molecule has 0 aliphatic carbocycles. The van der Waals surface area contributed by atoms with E-state index in [-0.39, 0.29) is 18.1 Å². The molecule has 0 aromatic carbocycles. The van der Waals surface area contributed by atoms with Gasteiger partial charge in [0.2, 0.25) is 5.91 Å². The van der Waals surface area contributed by atoms with Gasteiger partial charge in [-0.05, 0) is 19.8 Å². The maximum Gasteiger partial charge on any atom is 0.241 e. The van der Waals surface area contributed by atoms with Gasteiger partial charge < -0.3 is 9.64 Å². The van der Waals surface area contributed by atoms with Gasteiger partial charge in [-0.1, -0.05) is 19.8 Å². The first-order chi connectivity index (χ1) is 8.22. The zero-order chi connectivity index (χ0) is 12.3. The molecule has 1 N–H and O–H groups in total. The smallest absolute Gasteiger partial charge is 0.241 e. The lowest BCUT2D eigenvalue weighted by Crippen LogP contribution is -2.38. The van der Waals surface area contributed by atoms with Crippen molar-refractivity contribution in [2.45, 2.75) is 51.7 Å². The zero-order valence-electron chi connectivity index (χ0n) is 10.9. The third kappa shape index (κ3) is 2.99. The van der Waals surface area contributed by atoms with Gasteiger partial charge >= 0.3 is 0 Å². The van der Waals surface area contributed by atoms with Crippen LogP contribution in [0.1, 0.15) is 39.5 Å². The molecule has 4 heteroatoms. The number of ether oxygens (including phenoxy) is 1. The Morgan fingerprint density at radius 2 is 2.35 bits per heavy atom. The van der Waals surface area contributed by atoms with Crippen LogP contribution in [0.25, 0.3) is 0 Å². The molecule has 3 unspecified atom stereocenters. The normalized spacial score (nSPS) is 33.6. The standard InChI is InChI=1S/C13H24N2O2/c1-3-4-5-12-13(16)15(10(2)14-12)8-11-6-7-17-9-11/h10-12,14H,3-9H2,1-2H3. The Kier molecular flexibility index (Phi) is 4.40. The Morgan fingerprint density at radius 3 is 3.00 bits per heavy atom. The fraction of sp³-hybridized carbons (Fsp3) is 0.923. The van der Waals surface area contributed by atoms with Crippen LogP contribution in [-0.4, -0.2) is 42.8 Å². The lowest BCUT2D eigenvalue weighted by molar-refractivity contribution is -0.130. The van der Waals surface area contributed by atoms with Crippen molar-refractivity contribution in [3.63, 3.8) is 0 Å². The van der Waals surface area contributed by atoms with Crippen LogP contribution in [0.15, 0.2) is 0 Å². The quantitative estimate of drug-likeness (QED) is 0.789. The van der Waals surface area contributed by atoms with E-state index in [0.29, 0.717) is 5.92 Å². The van der Waals surface area contributed by atoms with E-state index in [1.807, 2.05) is 4.90 Å². The van der Waals surface area contributed by atoms with Gasteiger partial charge in [0.1, 0.15) is 0 Å². The van der Waals surface area contributed by atoms with Crippen molar-refractivity contribution in [3.05, 3.63) is 0 Å². The van der Waals surface area contributed by atoms with Gasteiger partial charge in [0.25, 0.3) is 0 Å². The fourth-order valence-electron chi connectivity index (χ4n) is 2.71. The number of hydrogen-bond donors (Lipinski definition) is 1. The first kappa shape index (κ1) is 12.8. The zero-order valence-corrected chi connectivity index (χ0v) is 10.9. The second kappa shape index (κ2) is 5.83. The van der Waals surface area contributed by atoms with Gasteiger partial charge in [-0.3, -0.25) is 10.1 Å². The first-order valence-corrected chi connectivity index (χ1v) is 6.86. The van der Waals surface area contributed by atoms with E-state index in [1.54, 1.807) is 0 Å². The summed E-state index contributed by atoms with van der Waals surface area (Å²) >= 11 is 0. The number of nitrogens with zero attached hydrogens (tertiary/aromatic N) is 1. The van der Waals surface area contributed by atoms with Gasteiger partial charge in [0.05, 0.1) is 18.8 Å². The molecule has 2 aliphatic heterocycles. The first-order valence-electron chi connectivity index (χ1n) is 6.86. The molecule has 2 heterocycles. The molecule has 1 amide bonds. The fourth-order valence-corrected chi connectivity index (χ4v) is 2.71. The summed E-state index contributed by atoms with van der Waals surface area (Å²) in [6.45, 7) is 6.77. The van der Waals surface area contributed by atoms with Crippen molar-refractivity contribution in [2.75, 3.05) is 19.8 Å². The van der Waals surface area contributed by atoms with E-state index in [9.17, 15) is 4.79 Å². The van der Waals surface area contributed by atoms with E-state index >= 15 is 0 Å². The number of amides is 1. The molecule has 3 atom stereocenters. The van der Waals surface area contributed by atoms with E-state index in [1.165, 1.54) is 0 Å². The highest BCUT2D eigenvalue weighted by atomic mass is 16.5. The van der Waals surface area contributed by atoms with Crippen molar-refractivity contribution >= 4 is 5.91 Å². The number of hydrogen-bond acceptors (Lipinski definition) is 3. The Bertz CT molecular complexity index is 264. The Hall–Kier alpha value is -0.610. The molecule has 0 bridgehead atoms. The molecule has 0 aromatic rings. The average Bonchev–Trinajstić information content (AvgIpc) is 2.90. The van der Waals surface area contributed by atoms with E-state index < -0.39 is 0 Å². The van der Waals surface area contributed by atoms with Crippen LogP contribution < -0.4 is 5.32 Å². The average molecular weight is 240 g/mol. The minimum atomic E-state index is 0.0484. The third-order valence-corrected chi connectivity index (χ3v) is 3.82. The van der Waals surface area contributed by atoms with E-state index in [2.05, 4.69) is 19.2 Å². The number of nitrogens with one attached hydrogen (secondary N) is 1. The van der Waals surface area contributed by atoms with Gasteiger partial charge in [-0.15, -0.1) is 0 Å². The van der Waals surface area contributed by atoms with Crippen molar-refractivity contribution in [1.29, 1.82) is 0 Å². The predicted octanol–water partition coefficient (Wildman–Crippen LogP) is 1.36. The molecule has 4 nitrogen and oxygen atoms in total. The summed E-state index contributed by atoms with van der Waals surface area (Å²) in [4.78, 5) is 14.2. The predicted molar refractivity (Wildman–Crippen MR) is 66.5 cm³/mol. The third-order valence-electron chi connectivity index (χ3n) is 3.82. The summed E-state index contributed by atoms with van der Waals surface area (Å²) < 4.78 is 5.37. The molecule has 0 aromatic heterocycles. The monoisotopic (exact) mass is 240 g/mol. The molecule has 2 fully saturated rings. The molecular formula is C13H24N2O2. The van der Waals surface area contributed by atoms with Crippen LogP contribution in [0.4, 0.5) is 0 Å². The topological polar surface area (TPSA) is 41.6 Å². The van der Waals surface area contributed by atoms with Gasteiger partial charge in [-0.25, -0.2) is 0 Å². The number of rotatable bonds is 5. The van der Waals surface area contributed by atoms with Crippen molar-refractivity contribution in [3.8, 4) is 0 Å². The van der Waals surface area contributed by atoms with E-state index in [4.69, 9.17) is 4.74 Å². The number of unbranched alkanes of at least 4 members (excludes halogenated alkanes) is 1. The SMILES string of the molecule is CCCCC1NC(C)N(CC2CCOC2)C1=O. The lowest BCUT2D eigenvalue weighted by atomic mass is 10.1. The molecule has 17 heavy (non-hydrogen) atoms. The van der Waals surface area contributed by atoms with Crippen LogP contribution in [0, 0.1) is 5.92 Å². The van der Waals surface area contributed by atoms with E-state index in [0.717, 1.165) is 45.4 Å². The lowest BCUT2D eigenvalue weighted by Gasteiger charge is -2.23. The second-order valence-electron chi connectivity index (χ2n) is 5.26. The summed E-state index contributed by atoms with van der Waals surface area (Å²) in [5.41, 5.74) is 0. The summed E-state index contributed by atoms with van der Waals surface area (Å²) in [6.07, 6.45) is 4.52. The minimum absolute atomic E-state index is 0.0484. The van der Waals surface area contributed by atoms with Crippen LogP contribution in [0.5, 0.6) is 0 Å². The molecule has 0 saturated carbocycles. The largest absolute Gasteiger partial charge is 0.381 e. The highest BCUT2D eigenvalue weighted by Gasteiger charge is 2.37. The molecule has 0 radical (unpaired) electrons. The molecule has 2 saturated heterocycles. The number of carbonyl (C=O) groups excluding carboxylic acids is 1. The Labute approximate surface area is 104 Å². The maximum atomic E-state index is 12.2. The van der Waals surface area contributed by atoms with Crippen LogP contribution in [0.2, 0.25) is 0 Å². The Balaban J connectivity index is 1.86. The Morgan fingerprint density at radius 1 is 1.53 bits per heavy atom. The van der Waals surface area contributed by atoms with Crippen LogP contribution in [-0.2, 0) is 9.53 Å². The van der Waals surface area contributed by atoms with Gasteiger partial charge in [0, 0.05) is 19.1 Å². The summed E-state index contributed by atoms with van der Waals surface area (Å²) in [7, 11) is 0. The van der Waals surface area contributed by atoms with Crippen molar-refractivity contribution < 1.29 is 9.53 Å². The highest BCUT2D eigenvalue weighted by Crippen LogP contribution is 2.20. The molecule has 2 aliphatic rings. The minimum Gasteiger partial charge on any atom is -0.381 e. The highest BCUT2D eigenvalue weighted by molar-refractivity contribution is 5.84. The molecule has 2 rings (SSSR count). The van der Waals surface area contributed by atoms with Crippen molar-refractivity contribution in [1.82, 2.24) is 10.2 Å². The summed E-state index contributed by atoms with van der Waals surface area (Å²) in [5, 5.41) is 3.40. The van der Waals surface area contributed by atoms with Crippen LogP contribution >= 0.6 is 0 Å². The maximum absolute atomic E-state index is 12.2. The molecule has 98 valence electrons. The second-order valence-corrected chi connectivity index (χ2v) is 5.26. The van der Waals surface area contributed by atoms with Gasteiger partial charge in [-0.2, -0.15) is 0 Å². The van der Waals surface area contributed by atoms with Crippen LogP contribution in [0.3, 0.4) is 0 Å². The molecular weight excluding hydrogens is 216 g/mol. The summed E-state index contributed by atoms with van der Waals surface area (Å²) in [5.74, 6) is 0.825. The summed E-state index contributed by atoms with van der Waals surface area (Å²) in [6, 6.07) is 0.0484. The van der Waals surface area contributed by atoms with Crippen molar-refractivity contribution in [2.24, 2.45) is 5.92 Å². The number of carbonyl (C=O) groups is 1. The van der Waals surface area contributed by atoms with Gasteiger partial charge in [0.15, 0.2) is 0 Å². The molecule has 0 spiro atoms.